The second-order valence-corrected chi connectivity index (χ2v) is 5.08. The monoisotopic (exact) mass is 287 g/mol. The first-order chi connectivity index (χ1) is 9.74. The zero-order valence-corrected chi connectivity index (χ0v) is 11.5. The van der Waals surface area contributed by atoms with E-state index in [0.29, 0.717) is 11.3 Å². The summed E-state index contributed by atoms with van der Waals surface area (Å²) < 4.78 is 0. The summed E-state index contributed by atoms with van der Waals surface area (Å²) in [6.45, 7) is 0.744. The summed E-state index contributed by atoms with van der Waals surface area (Å²) in [5, 5.41) is 15.0. The van der Waals surface area contributed by atoms with Crippen molar-refractivity contribution in [2.75, 3.05) is 23.4 Å². The number of nitro benzene ring substituents is 1. The Balaban J connectivity index is 2.20. The lowest BCUT2D eigenvalue weighted by Crippen LogP contribution is -2.05. The number of para-hydroxylation sites is 1. The number of fused-ring (bicyclic) bond motifs is 1. The third-order valence-corrected chi connectivity index (χ3v) is 3.56. The van der Waals surface area contributed by atoms with Crippen LogP contribution < -0.4 is 5.32 Å². The van der Waals surface area contributed by atoms with Crippen LogP contribution in [-0.4, -0.2) is 28.0 Å². The third-order valence-electron chi connectivity index (χ3n) is 2.69. The molecule has 0 bridgehead atoms. The molecule has 2 rings (SSSR count). The number of pyridine rings is 1. The molecule has 1 aromatic carbocycles. The number of terminal acetylenes is 1. The van der Waals surface area contributed by atoms with E-state index < -0.39 is 4.92 Å². The summed E-state index contributed by atoms with van der Waals surface area (Å²) in [6.07, 6.45) is 6.75. The third kappa shape index (κ3) is 3.19. The molecule has 0 amide bonds. The summed E-state index contributed by atoms with van der Waals surface area (Å²) in [5.74, 6) is 4.13. The number of nitrogens with zero attached hydrogens (tertiary/aromatic N) is 2. The highest BCUT2D eigenvalue weighted by atomic mass is 32.2. The minimum absolute atomic E-state index is 0.0212. The first-order valence-electron chi connectivity index (χ1n) is 6.01. The Labute approximate surface area is 120 Å². The molecule has 5 nitrogen and oxygen atoms in total. The molecule has 0 aliphatic carbocycles. The van der Waals surface area contributed by atoms with Crippen LogP contribution in [0.1, 0.15) is 0 Å². The van der Waals surface area contributed by atoms with E-state index in [0.717, 1.165) is 23.4 Å². The van der Waals surface area contributed by atoms with E-state index >= 15 is 0 Å². The largest absolute Gasteiger partial charge is 0.384 e. The predicted octanol–water partition coefficient (Wildman–Crippen LogP) is 2.92. The van der Waals surface area contributed by atoms with Crippen molar-refractivity contribution in [3.63, 3.8) is 0 Å². The van der Waals surface area contributed by atoms with Gasteiger partial charge in [0.2, 0.25) is 0 Å². The molecular formula is C14H13N3O2S. The van der Waals surface area contributed by atoms with Gasteiger partial charge in [0.25, 0.3) is 5.69 Å². The topological polar surface area (TPSA) is 68.1 Å². The molecule has 0 fully saturated rings. The van der Waals surface area contributed by atoms with Gasteiger partial charge in [0.1, 0.15) is 5.52 Å². The molecule has 0 unspecified atom stereocenters. The van der Waals surface area contributed by atoms with Crippen LogP contribution in [0, 0.1) is 22.5 Å². The number of rotatable bonds is 6. The van der Waals surface area contributed by atoms with Gasteiger partial charge in [0, 0.05) is 35.6 Å². The summed E-state index contributed by atoms with van der Waals surface area (Å²) in [6, 6.07) is 6.77. The van der Waals surface area contributed by atoms with Crippen LogP contribution in [0.25, 0.3) is 10.9 Å². The minimum atomic E-state index is -0.415. The highest BCUT2D eigenvalue weighted by Crippen LogP contribution is 2.28. The van der Waals surface area contributed by atoms with Crippen LogP contribution >= 0.6 is 11.8 Å². The van der Waals surface area contributed by atoms with E-state index in [1.807, 2.05) is 12.1 Å². The average Bonchev–Trinajstić information content (AvgIpc) is 2.46. The number of nitrogens with one attached hydrogen (secondary N) is 1. The Kier molecular flexibility index (Phi) is 4.80. The molecule has 0 spiro atoms. The smallest absolute Gasteiger partial charge is 0.295 e. The number of aromatic nitrogens is 1. The predicted molar refractivity (Wildman–Crippen MR) is 83.0 cm³/mol. The summed E-state index contributed by atoms with van der Waals surface area (Å²) in [4.78, 5) is 14.7. The number of benzene rings is 1. The lowest BCUT2D eigenvalue weighted by molar-refractivity contribution is -0.383. The number of anilines is 1. The molecule has 1 aromatic heterocycles. The Morgan fingerprint density at radius 2 is 2.30 bits per heavy atom. The maximum Gasteiger partial charge on any atom is 0.295 e. The van der Waals surface area contributed by atoms with Crippen LogP contribution in [0.3, 0.4) is 0 Å². The Bertz CT molecular complexity index is 667. The van der Waals surface area contributed by atoms with E-state index in [-0.39, 0.29) is 5.69 Å². The molecule has 0 radical (unpaired) electrons. The van der Waals surface area contributed by atoms with Gasteiger partial charge in [-0.25, -0.2) is 4.98 Å². The molecule has 0 saturated heterocycles. The van der Waals surface area contributed by atoms with Gasteiger partial charge >= 0.3 is 0 Å². The van der Waals surface area contributed by atoms with Crippen LogP contribution in [0.5, 0.6) is 0 Å². The molecule has 0 atom stereocenters. The lowest BCUT2D eigenvalue weighted by Gasteiger charge is -2.08. The van der Waals surface area contributed by atoms with Gasteiger partial charge in [-0.05, 0) is 6.07 Å². The zero-order chi connectivity index (χ0) is 14.4. The van der Waals surface area contributed by atoms with E-state index in [1.165, 1.54) is 6.07 Å². The maximum absolute atomic E-state index is 11.0. The highest BCUT2D eigenvalue weighted by Gasteiger charge is 2.13. The molecule has 2 aromatic rings. The van der Waals surface area contributed by atoms with Gasteiger partial charge in [-0.15, -0.1) is 18.2 Å². The fourth-order valence-corrected chi connectivity index (χ4v) is 2.36. The number of hydrogen-bond donors (Lipinski definition) is 1. The first kappa shape index (κ1) is 14.2. The average molecular weight is 287 g/mol. The van der Waals surface area contributed by atoms with Crippen molar-refractivity contribution in [2.24, 2.45) is 0 Å². The second kappa shape index (κ2) is 6.78. The van der Waals surface area contributed by atoms with Gasteiger partial charge < -0.3 is 5.32 Å². The van der Waals surface area contributed by atoms with Crippen molar-refractivity contribution in [3.05, 3.63) is 40.6 Å². The molecule has 1 N–H and O–H groups in total. The Morgan fingerprint density at radius 3 is 3.05 bits per heavy atom. The number of non-ortho nitro benzene ring substituents is 1. The van der Waals surface area contributed by atoms with Gasteiger partial charge in [0.05, 0.1) is 10.7 Å². The second-order valence-electron chi connectivity index (χ2n) is 3.97. The van der Waals surface area contributed by atoms with Crippen LogP contribution in [-0.2, 0) is 0 Å². The van der Waals surface area contributed by atoms with E-state index in [9.17, 15) is 10.1 Å². The van der Waals surface area contributed by atoms with Gasteiger partial charge in [-0.3, -0.25) is 10.1 Å². The van der Waals surface area contributed by atoms with Crippen LogP contribution in [0.15, 0.2) is 30.5 Å². The van der Waals surface area contributed by atoms with Gasteiger partial charge in [-0.1, -0.05) is 18.1 Å². The zero-order valence-electron chi connectivity index (χ0n) is 10.7. The van der Waals surface area contributed by atoms with Crippen molar-refractivity contribution < 1.29 is 4.92 Å². The van der Waals surface area contributed by atoms with E-state index in [1.54, 1.807) is 24.0 Å². The molecule has 0 aliphatic rings. The minimum Gasteiger partial charge on any atom is -0.384 e. The Morgan fingerprint density at radius 1 is 1.45 bits per heavy atom. The van der Waals surface area contributed by atoms with Crippen molar-refractivity contribution in [1.29, 1.82) is 0 Å². The van der Waals surface area contributed by atoms with Gasteiger partial charge in [-0.2, -0.15) is 0 Å². The molecule has 102 valence electrons. The number of nitro groups is 1. The molecule has 6 heteroatoms. The van der Waals surface area contributed by atoms with Crippen LogP contribution in [0.2, 0.25) is 0 Å². The summed E-state index contributed by atoms with van der Waals surface area (Å²) in [7, 11) is 0. The number of thioether (sulfide) groups is 1. The van der Waals surface area contributed by atoms with Crippen molar-refractivity contribution >= 4 is 34.0 Å². The summed E-state index contributed by atoms with van der Waals surface area (Å²) in [5.41, 5.74) is 1.27. The molecular weight excluding hydrogens is 274 g/mol. The maximum atomic E-state index is 11.0. The first-order valence-corrected chi connectivity index (χ1v) is 7.16. The quantitative estimate of drug-likeness (QED) is 0.383. The van der Waals surface area contributed by atoms with E-state index in [2.05, 4.69) is 16.2 Å². The fourth-order valence-electron chi connectivity index (χ4n) is 1.85. The Hall–Kier alpha value is -2.26. The highest BCUT2D eigenvalue weighted by molar-refractivity contribution is 7.99. The fraction of sp³-hybridized carbons (Fsp3) is 0.214. The summed E-state index contributed by atoms with van der Waals surface area (Å²) >= 11 is 1.66. The lowest BCUT2D eigenvalue weighted by atomic mass is 10.1. The van der Waals surface area contributed by atoms with Crippen molar-refractivity contribution in [3.8, 4) is 12.3 Å². The normalized spacial score (nSPS) is 10.2. The molecule has 20 heavy (non-hydrogen) atoms. The molecule has 0 saturated carbocycles. The van der Waals surface area contributed by atoms with Crippen molar-refractivity contribution in [1.82, 2.24) is 4.98 Å². The number of hydrogen-bond acceptors (Lipinski definition) is 5. The SMILES string of the molecule is C#CCSCCNc1ccnc2c([N+](=O)[O-])cccc12. The molecule has 1 heterocycles. The van der Waals surface area contributed by atoms with E-state index in [4.69, 9.17) is 6.42 Å². The van der Waals surface area contributed by atoms with Crippen molar-refractivity contribution in [2.45, 2.75) is 0 Å². The van der Waals surface area contributed by atoms with Crippen LogP contribution in [0.4, 0.5) is 11.4 Å². The van der Waals surface area contributed by atoms with Gasteiger partial charge in [0.15, 0.2) is 0 Å². The molecule has 0 aliphatic heterocycles. The standard InChI is InChI=1S/C14H13N3O2S/c1-2-9-20-10-8-15-12-6-7-16-14-11(12)4-3-5-13(14)17(18)19/h1,3-7H,8-10H2,(H,15,16).